The number of ether oxygens (including phenoxy) is 1. The van der Waals surface area contributed by atoms with Crippen LogP contribution in [0.4, 0.5) is 0 Å². The molecule has 3 nitrogen and oxygen atoms in total. The van der Waals surface area contributed by atoms with Crippen LogP contribution in [0.1, 0.15) is 48.5 Å². The van der Waals surface area contributed by atoms with E-state index in [4.69, 9.17) is 9.16 Å². The van der Waals surface area contributed by atoms with Gasteiger partial charge in [0.15, 0.2) is 14.1 Å². The Labute approximate surface area is 138 Å². The first-order valence-corrected chi connectivity index (χ1v) is 11.3. The third-order valence-corrected chi connectivity index (χ3v) is 10.4. The summed E-state index contributed by atoms with van der Waals surface area (Å²) in [6, 6.07) is 0. The molecule has 0 unspecified atom stereocenters. The van der Waals surface area contributed by atoms with E-state index >= 15 is 0 Å². The molecular formula is C18H36O3Si. The number of aliphatic hydroxyl groups is 1. The van der Waals surface area contributed by atoms with Crippen molar-refractivity contribution in [3.8, 4) is 0 Å². The molecule has 0 saturated carbocycles. The van der Waals surface area contributed by atoms with E-state index in [1.54, 1.807) is 6.08 Å². The van der Waals surface area contributed by atoms with Gasteiger partial charge in [-0.3, -0.25) is 0 Å². The molecule has 1 aliphatic heterocycles. The van der Waals surface area contributed by atoms with Crippen molar-refractivity contribution in [2.45, 2.75) is 78.5 Å². The van der Waals surface area contributed by atoms with Crippen LogP contribution in [0.3, 0.4) is 0 Å². The Hall–Kier alpha value is -0.163. The molecule has 1 fully saturated rings. The molecule has 4 heteroatoms. The second-order valence-electron chi connectivity index (χ2n) is 9.04. The van der Waals surface area contributed by atoms with Crippen LogP contribution in [0.5, 0.6) is 0 Å². The third kappa shape index (κ3) is 3.35. The first-order valence-electron chi connectivity index (χ1n) is 8.37. The molecule has 0 spiro atoms. The molecule has 1 aliphatic rings. The molecule has 1 heterocycles. The summed E-state index contributed by atoms with van der Waals surface area (Å²) in [5.41, 5.74) is -0.526. The van der Waals surface area contributed by atoms with E-state index in [2.05, 4.69) is 47.4 Å². The first kappa shape index (κ1) is 19.9. The summed E-state index contributed by atoms with van der Waals surface area (Å²) in [7, 11) is -1.90. The maximum absolute atomic E-state index is 11.2. The van der Waals surface area contributed by atoms with Gasteiger partial charge in [-0.15, -0.1) is 6.58 Å². The second kappa shape index (κ2) is 6.04. The van der Waals surface area contributed by atoms with Crippen LogP contribution in [0.25, 0.3) is 0 Å². The minimum atomic E-state index is -1.90. The van der Waals surface area contributed by atoms with Crippen molar-refractivity contribution in [2.75, 3.05) is 6.61 Å². The zero-order valence-electron chi connectivity index (χ0n) is 16.0. The summed E-state index contributed by atoms with van der Waals surface area (Å²) >= 11 is 0. The minimum absolute atomic E-state index is 0.00105. The Kier molecular flexibility index (Phi) is 5.46. The molecule has 0 radical (unpaired) electrons. The van der Waals surface area contributed by atoms with E-state index in [1.807, 2.05) is 20.8 Å². The third-order valence-electron chi connectivity index (χ3n) is 5.91. The smallest absolute Gasteiger partial charge is 0.192 e. The molecule has 1 saturated heterocycles. The van der Waals surface area contributed by atoms with E-state index in [-0.39, 0.29) is 23.0 Å². The molecule has 0 aromatic heterocycles. The summed E-state index contributed by atoms with van der Waals surface area (Å²) in [5.74, 6) is -1.09. The quantitative estimate of drug-likeness (QED) is 0.606. The summed E-state index contributed by atoms with van der Waals surface area (Å²) in [4.78, 5) is 0. The molecule has 1 N–H and O–H groups in total. The van der Waals surface area contributed by atoms with Crippen molar-refractivity contribution in [3.05, 3.63) is 12.7 Å². The monoisotopic (exact) mass is 328 g/mol. The van der Waals surface area contributed by atoms with Gasteiger partial charge in [0, 0.05) is 17.3 Å². The fraction of sp³-hybridized carbons (Fsp3) is 0.889. The molecule has 0 bridgehead atoms. The number of hydrogen-bond acceptors (Lipinski definition) is 3. The van der Waals surface area contributed by atoms with Gasteiger partial charge in [0.25, 0.3) is 0 Å². The van der Waals surface area contributed by atoms with Gasteiger partial charge in [0.2, 0.25) is 0 Å². The van der Waals surface area contributed by atoms with Crippen LogP contribution in [0.15, 0.2) is 12.7 Å². The lowest BCUT2D eigenvalue weighted by molar-refractivity contribution is -0.325. The molecule has 130 valence electrons. The van der Waals surface area contributed by atoms with E-state index in [0.29, 0.717) is 6.61 Å². The van der Waals surface area contributed by atoms with Gasteiger partial charge in [0.1, 0.15) is 0 Å². The summed E-state index contributed by atoms with van der Waals surface area (Å²) in [5, 5.41) is 11.3. The molecule has 1 rings (SSSR count). The average molecular weight is 329 g/mol. The van der Waals surface area contributed by atoms with Crippen molar-refractivity contribution >= 4 is 8.32 Å². The fourth-order valence-electron chi connectivity index (χ4n) is 2.85. The van der Waals surface area contributed by atoms with Crippen LogP contribution in [-0.4, -0.2) is 31.9 Å². The minimum Gasteiger partial charge on any atom is -0.413 e. The Morgan fingerprint density at radius 2 is 1.73 bits per heavy atom. The van der Waals surface area contributed by atoms with Gasteiger partial charge in [-0.25, -0.2) is 0 Å². The predicted octanol–water partition coefficient (Wildman–Crippen LogP) is 4.58. The lowest BCUT2D eigenvalue weighted by Crippen LogP contribution is -2.62. The van der Waals surface area contributed by atoms with E-state index < -0.39 is 19.5 Å². The number of rotatable bonds is 4. The van der Waals surface area contributed by atoms with E-state index in [9.17, 15) is 5.11 Å². The highest BCUT2D eigenvalue weighted by atomic mass is 28.4. The van der Waals surface area contributed by atoms with Gasteiger partial charge >= 0.3 is 0 Å². The van der Waals surface area contributed by atoms with Gasteiger partial charge < -0.3 is 14.3 Å². The Morgan fingerprint density at radius 3 is 2.14 bits per heavy atom. The van der Waals surface area contributed by atoms with E-state index in [0.717, 1.165) is 0 Å². The van der Waals surface area contributed by atoms with Crippen molar-refractivity contribution in [1.29, 1.82) is 0 Å². The SMILES string of the molecule is C=CC(C)(C)[C@]1(O)OC[C@@H](C)[C@H](O[Si](C)(C)C(C)(C)C)[C@H]1C. The summed E-state index contributed by atoms with van der Waals surface area (Å²) < 4.78 is 12.6. The zero-order valence-corrected chi connectivity index (χ0v) is 17.0. The predicted molar refractivity (Wildman–Crippen MR) is 95.3 cm³/mol. The lowest BCUT2D eigenvalue weighted by atomic mass is 9.71. The molecule has 0 aliphatic carbocycles. The molecule has 22 heavy (non-hydrogen) atoms. The van der Waals surface area contributed by atoms with E-state index in [1.165, 1.54) is 0 Å². The maximum atomic E-state index is 11.2. The molecular weight excluding hydrogens is 292 g/mol. The second-order valence-corrected chi connectivity index (χ2v) is 13.8. The summed E-state index contributed by atoms with van der Waals surface area (Å²) in [6.45, 7) is 23.8. The Bertz CT molecular complexity index is 411. The average Bonchev–Trinajstić information content (AvgIpc) is 2.37. The van der Waals surface area contributed by atoms with Crippen molar-refractivity contribution in [2.24, 2.45) is 17.3 Å². The highest BCUT2D eigenvalue weighted by Gasteiger charge is 2.55. The zero-order chi connectivity index (χ0) is 17.6. The molecule has 0 amide bonds. The van der Waals surface area contributed by atoms with Crippen molar-refractivity contribution in [1.82, 2.24) is 0 Å². The topological polar surface area (TPSA) is 38.7 Å². The van der Waals surface area contributed by atoms with Crippen LogP contribution < -0.4 is 0 Å². The molecule has 4 atom stereocenters. The Balaban J connectivity index is 3.12. The lowest BCUT2D eigenvalue weighted by Gasteiger charge is -2.54. The first-order chi connectivity index (χ1) is 9.69. The maximum Gasteiger partial charge on any atom is 0.192 e. The van der Waals surface area contributed by atoms with Gasteiger partial charge in [-0.2, -0.15) is 0 Å². The van der Waals surface area contributed by atoms with Gasteiger partial charge in [0.05, 0.1) is 12.7 Å². The van der Waals surface area contributed by atoms with Crippen molar-refractivity contribution in [3.63, 3.8) is 0 Å². The van der Waals surface area contributed by atoms with Crippen LogP contribution in [0, 0.1) is 17.3 Å². The molecule has 0 aromatic rings. The largest absolute Gasteiger partial charge is 0.413 e. The van der Waals surface area contributed by atoms with Crippen LogP contribution >= 0.6 is 0 Å². The Morgan fingerprint density at radius 1 is 1.23 bits per heavy atom. The van der Waals surface area contributed by atoms with Gasteiger partial charge in [-0.1, -0.05) is 54.5 Å². The standard InChI is InChI=1S/C18H36O3Si/c1-11-17(7,8)18(19)14(3)15(13(2)12-20-18)21-22(9,10)16(4,5)6/h11,13-15,19H,1,12H2,2-10H3/t13-,14-,15+,18-/m1/s1. The van der Waals surface area contributed by atoms with Crippen molar-refractivity contribution < 1.29 is 14.3 Å². The van der Waals surface area contributed by atoms with Crippen LogP contribution in [0.2, 0.25) is 18.1 Å². The van der Waals surface area contributed by atoms with Gasteiger partial charge in [-0.05, 0) is 18.1 Å². The normalized spacial score (nSPS) is 34.5. The fourth-order valence-corrected chi connectivity index (χ4v) is 4.32. The highest BCUT2D eigenvalue weighted by Crippen LogP contribution is 2.48. The highest BCUT2D eigenvalue weighted by molar-refractivity contribution is 6.74. The number of hydrogen-bond donors (Lipinski definition) is 1. The summed E-state index contributed by atoms with van der Waals surface area (Å²) in [6.07, 6.45) is 1.78. The molecule has 0 aromatic carbocycles. The van der Waals surface area contributed by atoms with Crippen LogP contribution in [-0.2, 0) is 9.16 Å².